The van der Waals surface area contributed by atoms with Crippen molar-refractivity contribution in [3.8, 4) is 0 Å². The van der Waals surface area contributed by atoms with Crippen LogP contribution >= 0.6 is 0 Å². The van der Waals surface area contributed by atoms with E-state index in [0.717, 1.165) is 30.6 Å². The molecule has 1 N–H and O–H groups in total. The fourth-order valence-corrected chi connectivity index (χ4v) is 4.98. The van der Waals surface area contributed by atoms with E-state index in [1.165, 1.54) is 22.0 Å². The highest BCUT2D eigenvalue weighted by atomic mass is 16.5. The van der Waals surface area contributed by atoms with Crippen LogP contribution in [0.2, 0.25) is 0 Å². The maximum atomic E-state index is 12.2. The molecular weight excluding hydrogens is 432 g/mol. The van der Waals surface area contributed by atoms with Gasteiger partial charge < -0.3 is 15.0 Å². The number of carbonyl (C=O) groups is 1. The third kappa shape index (κ3) is 5.72. The summed E-state index contributed by atoms with van der Waals surface area (Å²) in [5.74, 6) is -0.200. The summed E-state index contributed by atoms with van der Waals surface area (Å²) in [6.07, 6.45) is 1.41. The van der Waals surface area contributed by atoms with Crippen LogP contribution in [0.15, 0.2) is 97.1 Å². The van der Waals surface area contributed by atoms with Gasteiger partial charge in [-0.15, -0.1) is 0 Å². The van der Waals surface area contributed by atoms with Gasteiger partial charge in [0.1, 0.15) is 6.61 Å². The molecule has 1 heterocycles. The molecule has 4 heteroatoms. The number of benzene rings is 4. The number of esters is 1. The topological polar surface area (TPSA) is 41.6 Å². The standard InChI is InChI=1S/C31H32N2O2/c1-23(29-13-7-11-26-10-5-6-12-30(26)29)32-27-18-19-33(21-27)28-16-14-24(15-17-28)20-31(34)35-22-25-8-3-2-4-9-25/h2-17,23,27,32H,18-22H2,1H3/t23-,27+/m1/s1. The van der Waals surface area contributed by atoms with Gasteiger partial charge >= 0.3 is 5.97 Å². The molecule has 0 unspecified atom stereocenters. The molecule has 0 radical (unpaired) electrons. The van der Waals surface area contributed by atoms with Crippen molar-refractivity contribution < 1.29 is 9.53 Å². The van der Waals surface area contributed by atoms with E-state index in [-0.39, 0.29) is 12.0 Å². The van der Waals surface area contributed by atoms with E-state index in [0.29, 0.717) is 19.1 Å². The molecule has 35 heavy (non-hydrogen) atoms. The van der Waals surface area contributed by atoms with Crippen LogP contribution in [0, 0.1) is 0 Å². The molecule has 0 saturated carbocycles. The monoisotopic (exact) mass is 464 g/mol. The maximum absolute atomic E-state index is 12.2. The van der Waals surface area contributed by atoms with E-state index >= 15 is 0 Å². The van der Waals surface area contributed by atoms with Crippen LogP contribution in [-0.2, 0) is 22.6 Å². The predicted molar refractivity (Wildman–Crippen MR) is 143 cm³/mol. The molecule has 1 saturated heterocycles. The van der Waals surface area contributed by atoms with Crippen LogP contribution in [-0.4, -0.2) is 25.1 Å². The highest BCUT2D eigenvalue weighted by molar-refractivity contribution is 5.86. The van der Waals surface area contributed by atoms with E-state index < -0.39 is 0 Å². The minimum absolute atomic E-state index is 0.200. The van der Waals surface area contributed by atoms with Crippen molar-refractivity contribution in [1.29, 1.82) is 0 Å². The third-order valence-electron chi connectivity index (χ3n) is 6.86. The van der Waals surface area contributed by atoms with Gasteiger partial charge in [0.2, 0.25) is 0 Å². The van der Waals surface area contributed by atoms with Crippen molar-refractivity contribution in [3.63, 3.8) is 0 Å². The minimum Gasteiger partial charge on any atom is -0.461 e. The Kier molecular flexibility index (Phi) is 7.10. The van der Waals surface area contributed by atoms with E-state index in [1.807, 2.05) is 42.5 Å². The fourth-order valence-electron chi connectivity index (χ4n) is 4.98. The lowest BCUT2D eigenvalue weighted by Gasteiger charge is -2.23. The molecule has 5 rings (SSSR count). The van der Waals surface area contributed by atoms with Crippen LogP contribution in [0.5, 0.6) is 0 Å². The summed E-state index contributed by atoms with van der Waals surface area (Å²) < 4.78 is 5.42. The molecule has 0 amide bonds. The number of fused-ring (bicyclic) bond motifs is 1. The van der Waals surface area contributed by atoms with E-state index in [1.54, 1.807) is 0 Å². The highest BCUT2D eigenvalue weighted by Crippen LogP contribution is 2.27. The summed E-state index contributed by atoms with van der Waals surface area (Å²) in [6.45, 7) is 4.58. The van der Waals surface area contributed by atoms with Crippen LogP contribution in [0.4, 0.5) is 5.69 Å². The molecule has 0 spiro atoms. The number of rotatable bonds is 8. The Balaban J connectivity index is 1.13. The largest absolute Gasteiger partial charge is 0.461 e. The summed E-state index contributed by atoms with van der Waals surface area (Å²) in [4.78, 5) is 14.7. The van der Waals surface area contributed by atoms with Gasteiger partial charge in [-0.05, 0) is 52.9 Å². The fraction of sp³-hybridized carbons (Fsp3) is 0.258. The Bertz CT molecular complexity index is 1260. The zero-order chi connectivity index (χ0) is 24.0. The van der Waals surface area contributed by atoms with Gasteiger partial charge in [-0.1, -0.05) is 84.9 Å². The lowest BCUT2D eigenvalue weighted by atomic mass is 9.99. The minimum atomic E-state index is -0.200. The van der Waals surface area contributed by atoms with Crippen molar-refractivity contribution in [3.05, 3.63) is 114 Å². The first-order valence-electron chi connectivity index (χ1n) is 12.4. The summed E-state index contributed by atoms with van der Waals surface area (Å²) in [7, 11) is 0. The summed E-state index contributed by atoms with van der Waals surface area (Å²) in [5, 5.41) is 6.46. The van der Waals surface area contributed by atoms with Crippen molar-refractivity contribution in [2.24, 2.45) is 0 Å². The number of anilines is 1. The number of nitrogens with zero attached hydrogens (tertiary/aromatic N) is 1. The molecule has 0 aromatic heterocycles. The average Bonchev–Trinajstić information content (AvgIpc) is 3.36. The zero-order valence-corrected chi connectivity index (χ0v) is 20.2. The Labute approximate surface area is 207 Å². The molecule has 178 valence electrons. The van der Waals surface area contributed by atoms with Crippen molar-refractivity contribution in [2.75, 3.05) is 18.0 Å². The normalized spacial score (nSPS) is 16.4. The van der Waals surface area contributed by atoms with Gasteiger partial charge in [-0.2, -0.15) is 0 Å². The summed E-state index contributed by atoms with van der Waals surface area (Å²) in [5.41, 5.74) is 4.53. The first kappa shape index (κ1) is 23.1. The number of ether oxygens (including phenoxy) is 1. The number of hydrogen-bond acceptors (Lipinski definition) is 4. The molecule has 0 aliphatic carbocycles. The number of nitrogens with one attached hydrogen (secondary N) is 1. The second-order valence-corrected chi connectivity index (χ2v) is 9.38. The van der Waals surface area contributed by atoms with Gasteiger partial charge in [0.05, 0.1) is 6.42 Å². The first-order valence-corrected chi connectivity index (χ1v) is 12.4. The van der Waals surface area contributed by atoms with Crippen molar-refractivity contribution in [2.45, 2.75) is 38.5 Å². The SMILES string of the molecule is C[C@@H](N[C@H]1CCN(c2ccc(CC(=O)OCc3ccccc3)cc2)C1)c1cccc2ccccc12. The van der Waals surface area contributed by atoms with E-state index in [4.69, 9.17) is 4.74 Å². The lowest BCUT2D eigenvalue weighted by Crippen LogP contribution is -2.34. The van der Waals surface area contributed by atoms with Gasteiger partial charge in [-0.3, -0.25) is 4.79 Å². The quantitative estimate of drug-likeness (QED) is 0.322. The first-order chi connectivity index (χ1) is 17.2. The van der Waals surface area contributed by atoms with Crippen LogP contribution in [0.1, 0.15) is 36.1 Å². The Morgan fingerprint density at radius 1 is 0.914 bits per heavy atom. The van der Waals surface area contributed by atoms with E-state index in [2.05, 4.69) is 71.7 Å². The van der Waals surface area contributed by atoms with Gasteiger partial charge in [0.15, 0.2) is 0 Å². The van der Waals surface area contributed by atoms with Crippen LogP contribution in [0.25, 0.3) is 10.8 Å². The summed E-state index contributed by atoms with van der Waals surface area (Å²) in [6, 6.07) is 34.0. The summed E-state index contributed by atoms with van der Waals surface area (Å²) >= 11 is 0. The Morgan fingerprint density at radius 3 is 2.49 bits per heavy atom. The molecule has 1 aliphatic rings. The lowest BCUT2D eigenvalue weighted by molar-refractivity contribution is -0.144. The number of carbonyl (C=O) groups excluding carboxylic acids is 1. The Hall–Kier alpha value is -3.63. The van der Waals surface area contributed by atoms with Crippen molar-refractivity contribution >= 4 is 22.4 Å². The van der Waals surface area contributed by atoms with Crippen LogP contribution in [0.3, 0.4) is 0 Å². The predicted octanol–water partition coefficient (Wildman–Crippen LogP) is 6.06. The second-order valence-electron chi connectivity index (χ2n) is 9.38. The van der Waals surface area contributed by atoms with Gasteiger partial charge in [-0.25, -0.2) is 0 Å². The molecule has 0 bridgehead atoms. The van der Waals surface area contributed by atoms with Crippen LogP contribution < -0.4 is 10.2 Å². The molecule has 1 fully saturated rings. The van der Waals surface area contributed by atoms with Gasteiger partial charge in [0, 0.05) is 30.9 Å². The smallest absolute Gasteiger partial charge is 0.310 e. The maximum Gasteiger partial charge on any atom is 0.310 e. The molecular formula is C31H32N2O2. The molecule has 4 aromatic rings. The van der Waals surface area contributed by atoms with Crippen molar-refractivity contribution in [1.82, 2.24) is 5.32 Å². The molecule has 4 nitrogen and oxygen atoms in total. The second kappa shape index (κ2) is 10.7. The third-order valence-corrected chi connectivity index (χ3v) is 6.86. The molecule has 4 aromatic carbocycles. The average molecular weight is 465 g/mol. The zero-order valence-electron chi connectivity index (χ0n) is 20.2. The Morgan fingerprint density at radius 2 is 1.66 bits per heavy atom. The van der Waals surface area contributed by atoms with E-state index in [9.17, 15) is 4.79 Å². The molecule has 1 aliphatic heterocycles. The highest BCUT2D eigenvalue weighted by Gasteiger charge is 2.24. The number of hydrogen-bond donors (Lipinski definition) is 1. The van der Waals surface area contributed by atoms with Gasteiger partial charge in [0.25, 0.3) is 0 Å². The molecule has 2 atom stereocenters.